The Kier molecular flexibility index (Phi) is 3.06. The van der Waals surface area contributed by atoms with Crippen LogP contribution in [0.3, 0.4) is 0 Å². The summed E-state index contributed by atoms with van der Waals surface area (Å²) in [5, 5.41) is 13.6. The standard InChI is InChI=1S/C13H20N4O2/c1-8-13(18,4-5-19-8)7-15-11-6-10(14)16-12(17-11)9-2-3-9/h6,8-9,18H,2-5,7H2,1H3,(H3,14,15,16,17). The van der Waals surface area contributed by atoms with Crippen LogP contribution in [0.1, 0.15) is 37.9 Å². The molecule has 1 saturated carbocycles. The van der Waals surface area contributed by atoms with Crippen LogP contribution in [0.15, 0.2) is 6.07 Å². The lowest BCUT2D eigenvalue weighted by molar-refractivity contribution is -0.0176. The molecule has 2 heterocycles. The molecule has 0 spiro atoms. The Morgan fingerprint density at radius 1 is 1.53 bits per heavy atom. The Balaban J connectivity index is 1.69. The van der Waals surface area contributed by atoms with Crippen molar-refractivity contribution in [3.05, 3.63) is 11.9 Å². The highest BCUT2D eigenvalue weighted by atomic mass is 16.5. The summed E-state index contributed by atoms with van der Waals surface area (Å²) >= 11 is 0. The summed E-state index contributed by atoms with van der Waals surface area (Å²) in [6, 6.07) is 1.70. The van der Waals surface area contributed by atoms with Gasteiger partial charge >= 0.3 is 0 Å². The Morgan fingerprint density at radius 3 is 2.95 bits per heavy atom. The molecule has 1 aromatic heterocycles. The smallest absolute Gasteiger partial charge is 0.136 e. The summed E-state index contributed by atoms with van der Waals surface area (Å²) in [4.78, 5) is 8.71. The maximum absolute atomic E-state index is 10.4. The molecule has 3 rings (SSSR count). The zero-order valence-electron chi connectivity index (χ0n) is 11.1. The van der Waals surface area contributed by atoms with E-state index in [4.69, 9.17) is 10.5 Å². The fourth-order valence-electron chi connectivity index (χ4n) is 2.35. The quantitative estimate of drug-likeness (QED) is 0.747. The fraction of sp³-hybridized carbons (Fsp3) is 0.692. The number of aliphatic hydroxyl groups is 1. The molecular weight excluding hydrogens is 244 g/mol. The summed E-state index contributed by atoms with van der Waals surface area (Å²) in [5.41, 5.74) is 4.96. The number of hydrogen-bond donors (Lipinski definition) is 3. The molecule has 1 saturated heterocycles. The van der Waals surface area contributed by atoms with Crippen molar-refractivity contribution >= 4 is 11.6 Å². The number of rotatable bonds is 4. The van der Waals surface area contributed by atoms with Crippen LogP contribution in [0, 0.1) is 0 Å². The highest BCUT2D eigenvalue weighted by Gasteiger charge is 2.39. The number of aromatic nitrogens is 2. The van der Waals surface area contributed by atoms with Crippen molar-refractivity contribution in [3.63, 3.8) is 0 Å². The van der Waals surface area contributed by atoms with Gasteiger partial charge in [-0.15, -0.1) is 0 Å². The van der Waals surface area contributed by atoms with Gasteiger partial charge in [0.1, 0.15) is 23.1 Å². The third-order valence-corrected chi connectivity index (χ3v) is 3.94. The van der Waals surface area contributed by atoms with Gasteiger partial charge in [-0.25, -0.2) is 9.97 Å². The predicted octanol–water partition coefficient (Wildman–Crippen LogP) is 0.888. The molecule has 4 N–H and O–H groups in total. The van der Waals surface area contributed by atoms with Gasteiger partial charge in [0.05, 0.1) is 6.10 Å². The van der Waals surface area contributed by atoms with Gasteiger partial charge in [-0.1, -0.05) is 0 Å². The molecule has 1 aromatic rings. The molecule has 2 unspecified atom stereocenters. The zero-order valence-corrected chi connectivity index (χ0v) is 11.1. The number of anilines is 2. The third-order valence-electron chi connectivity index (χ3n) is 3.94. The number of nitrogens with two attached hydrogens (primary N) is 1. The van der Waals surface area contributed by atoms with Crippen molar-refractivity contribution in [1.82, 2.24) is 9.97 Å². The van der Waals surface area contributed by atoms with E-state index in [2.05, 4.69) is 15.3 Å². The average Bonchev–Trinajstić information content (AvgIpc) is 3.15. The molecule has 0 amide bonds. The van der Waals surface area contributed by atoms with Gasteiger partial charge in [0.2, 0.25) is 0 Å². The number of hydrogen-bond acceptors (Lipinski definition) is 6. The SMILES string of the molecule is CC1OCCC1(O)CNc1cc(N)nc(C2CC2)n1. The maximum atomic E-state index is 10.4. The van der Waals surface area contributed by atoms with Crippen molar-refractivity contribution in [1.29, 1.82) is 0 Å². The van der Waals surface area contributed by atoms with E-state index in [0.717, 1.165) is 18.7 Å². The van der Waals surface area contributed by atoms with Gasteiger partial charge in [-0.05, 0) is 19.8 Å². The van der Waals surface area contributed by atoms with E-state index in [9.17, 15) is 5.11 Å². The molecule has 0 aromatic carbocycles. The highest BCUT2D eigenvalue weighted by Crippen LogP contribution is 2.38. The number of nitrogens with one attached hydrogen (secondary N) is 1. The molecule has 0 bridgehead atoms. The first-order chi connectivity index (χ1) is 9.07. The van der Waals surface area contributed by atoms with E-state index in [-0.39, 0.29) is 6.10 Å². The normalized spacial score (nSPS) is 30.5. The van der Waals surface area contributed by atoms with Crippen molar-refractivity contribution < 1.29 is 9.84 Å². The van der Waals surface area contributed by atoms with Crippen LogP contribution in [0.4, 0.5) is 11.6 Å². The molecule has 6 nitrogen and oxygen atoms in total. The van der Waals surface area contributed by atoms with E-state index in [1.807, 2.05) is 6.92 Å². The second-order valence-electron chi connectivity index (χ2n) is 5.53. The minimum atomic E-state index is -0.834. The van der Waals surface area contributed by atoms with Crippen LogP contribution in [-0.4, -0.2) is 39.9 Å². The van der Waals surface area contributed by atoms with Gasteiger partial charge in [0, 0.05) is 31.6 Å². The maximum Gasteiger partial charge on any atom is 0.136 e. The van der Waals surface area contributed by atoms with Crippen LogP contribution in [0.2, 0.25) is 0 Å². The lowest BCUT2D eigenvalue weighted by Crippen LogP contribution is -2.43. The van der Waals surface area contributed by atoms with Gasteiger partial charge in [-0.3, -0.25) is 0 Å². The molecule has 1 aliphatic carbocycles. The molecular formula is C13H20N4O2. The van der Waals surface area contributed by atoms with E-state index in [0.29, 0.717) is 37.1 Å². The summed E-state index contributed by atoms with van der Waals surface area (Å²) in [7, 11) is 0. The Bertz CT molecular complexity index is 478. The van der Waals surface area contributed by atoms with E-state index >= 15 is 0 Å². The van der Waals surface area contributed by atoms with Gasteiger partial charge in [0.15, 0.2) is 0 Å². The summed E-state index contributed by atoms with van der Waals surface area (Å²) in [6.07, 6.45) is 2.74. The minimum Gasteiger partial charge on any atom is -0.385 e. The van der Waals surface area contributed by atoms with Gasteiger partial charge in [0.25, 0.3) is 0 Å². The first-order valence-electron chi connectivity index (χ1n) is 6.79. The van der Waals surface area contributed by atoms with Crippen LogP contribution in [0.25, 0.3) is 0 Å². The molecule has 1 aliphatic heterocycles. The molecule has 2 atom stereocenters. The average molecular weight is 264 g/mol. The van der Waals surface area contributed by atoms with E-state index in [1.165, 1.54) is 0 Å². The van der Waals surface area contributed by atoms with Gasteiger partial charge < -0.3 is 20.9 Å². The lowest BCUT2D eigenvalue weighted by Gasteiger charge is -2.26. The first-order valence-corrected chi connectivity index (χ1v) is 6.79. The fourth-order valence-corrected chi connectivity index (χ4v) is 2.35. The first kappa shape index (κ1) is 12.6. The van der Waals surface area contributed by atoms with Crippen molar-refractivity contribution in [3.8, 4) is 0 Å². The van der Waals surface area contributed by atoms with Gasteiger partial charge in [-0.2, -0.15) is 0 Å². The van der Waals surface area contributed by atoms with Crippen LogP contribution in [-0.2, 0) is 4.74 Å². The monoisotopic (exact) mass is 264 g/mol. The van der Waals surface area contributed by atoms with E-state index in [1.54, 1.807) is 6.07 Å². The third kappa shape index (κ3) is 2.64. The topological polar surface area (TPSA) is 93.3 Å². The largest absolute Gasteiger partial charge is 0.385 e. The highest BCUT2D eigenvalue weighted by molar-refractivity contribution is 5.45. The number of nitrogens with zero attached hydrogens (tertiary/aromatic N) is 2. The predicted molar refractivity (Wildman–Crippen MR) is 71.9 cm³/mol. The summed E-state index contributed by atoms with van der Waals surface area (Å²) < 4.78 is 5.41. The molecule has 6 heteroatoms. The molecule has 19 heavy (non-hydrogen) atoms. The molecule has 2 aliphatic rings. The Labute approximate surface area is 112 Å². The number of ether oxygens (including phenoxy) is 1. The molecule has 0 radical (unpaired) electrons. The minimum absolute atomic E-state index is 0.165. The summed E-state index contributed by atoms with van der Waals surface area (Å²) in [5.74, 6) is 2.43. The molecule has 2 fully saturated rings. The van der Waals surface area contributed by atoms with Crippen LogP contribution >= 0.6 is 0 Å². The van der Waals surface area contributed by atoms with Crippen molar-refractivity contribution in [2.75, 3.05) is 24.2 Å². The second kappa shape index (κ2) is 4.61. The van der Waals surface area contributed by atoms with E-state index < -0.39 is 5.60 Å². The Morgan fingerprint density at radius 2 is 2.32 bits per heavy atom. The van der Waals surface area contributed by atoms with Crippen LogP contribution in [0.5, 0.6) is 0 Å². The number of nitrogen functional groups attached to an aromatic ring is 1. The summed E-state index contributed by atoms with van der Waals surface area (Å²) in [6.45, 7) is 2.89. The van der Waals surface area contributed by atoms with Crippen molar-refractivity contribution in [2.24, 2.45) is 0 Å². The second-order valence-corrected chi connectivity index (χ2v) is 5.53. The lowest BCUT2D eigenvalue weighted by atomic mass is 9.97. The zero-order chi connectivity index (χ0) is 13.5. The molecule has 104 valence electrons. The van der Waals surface area contributed by atoms with Crippen LogP contribution < -0.4 is 11.1 Å². The Hall–Kier alpha value is -1.40. The van der Waals surface area contributed by atoms with Crippen molar-refractivity contribution in [2.45, 2.75) is 43.8 Å².